The van der Waals surface area contributed by atoms with Gasteiger partial charge in [-0.25, -0.2) is 8.78 Å². The average molecular weight is 280 g/mol. The maximum atomic E-state index is 12.4. The molecule has 0 spiro atoms. The number of ether oxygens (including phenoxy) is 1. The minimum absolute atomic E-state index is 0.253. The normalized spacial score (nSPS) is 12.8. The lowest BCUT2D eigenvalue weighted by atomic mass is 9.98. The van der Waals surface area contributed by atoms with Crippen molar-refractivity contribution >= 4 is 10.8 Å². The van der Waals surface area contributed by atoms with E-state index in [0.29, 0.717) is 0 Å². The van der Waals surface area contributed by atoms with Crippen LogP contribution >= 0.6 is 0 Å². The molecule has 1 unspecified atom stereocenters. The summed E-state index contributed by atoms with van der Waals surface area (Å²) in [6.45, 7) is -0.120. The summed E-state index contributed by atoms with van der Waals surface area (Å²) in [5.74, 6) is 0.758. The molecule has 0 saturated carbocycles. The molecular formula is C15H18F2N2O. The molecule has 0 saturated heterocycles. The monoisotopic (exact) mass is 280 g/mol. The zero-order chi connectivity index (χ0) is 14.5. The van der Waals surface area contributed by atoms with Crippen molar-refractivity contribution in [1.82, 2.24) is 5.32 Å². The molecule has 0 aliphatic heterocycles. The SMILES string of the molecule is COc1ccc(C(CN)NCC(F)F)c2ccccc12. The number of hydrogen-bond acceptors (Lipinski definition) is 3. The Labute approximate surface area is 116 Å². The van der Waals surface area contributed by atoms with Crippen LogP contribution in [0.2, 0.25) is 0 Å². The van der Waals surface area contributed by atoms with Gasteiger partial charge in [0.05, 0.1) is 13.7 Å². The Bertz CT molecular complexity index is 575. The Balaban J connectivity index is 2.42. The molecule has 1 atom stereocenters. The quantitative estimate of drug-likeness (QED) is 0.855. The van der Waals surface area contributed by atoms with Crippen LogP contribution < -0.4 is 15.8 Å². The highest BCUT2D eigenvalue weighted by molar-refractivity contribution is 5.91. The number of rotatable bonds is 6. The van der Waals surface area contributed by atoms with Gasteiger partial charge in [-0.2, -0.15) is 0 Å². The van der Waals surface area contributed by atoms with Crippen LogP contribution in [0.4, 0.5) is 8.78 Å². The highest BCUT2D eigenvalue weighted by Crippen LogP contribution is 2.31. The van der Waals surface area contributed by atoms with Crippen molar-refractivity contribution in [2.24, 2.45) is 5.73 Å². The summed E-state index contributed by atoms with van der Waals surface area (Å²) in [6, 6.07) is 11.1. The standard InChI is InChI=1S/C15H18F2N2O/c1-20-14-7-6-11(10-4-2-3-5-12(10)14)13(8-18)19-9-15(16)17/h2-7,13,15,19H,8-9,18H2,1H3. The van der Waals surface area contributed by atoms with Crippen molar-refractivity contribution in [2.75, 3.05) is 20.2 Å². The first-order chi connectivity index (χ1) is 9.67. The Morgan fingerprint density at radius 3 is 2.45 bits per heavy atom. The van der Waals surface area contributed by atoms with Crippen LogP contribution in [0.25, 0.3) is 10.8 Å². The van der Waals surface area contributed by atoms with Crippen LogP contribution in [0.3, 0.4) is 0 Å². The summed E-state index contributed by atoms with van der Waals surface area (Å²) >= 11 is 0. The summed E-state index contributed by atoms with van der Waals surface area (Å²) in [5.41, 5.74) is 6.62. The van der Waals surface area contributed by atoms with Gasteiger partial charge in [0.2, 0.25) is 0 Å². The van der Waals surface area contributed by atoms with E-state index in [9.17, 15) is 8.78 Å². The number of methoxy groups -OCH3 is 1. The highest BCUT2D eigenvalue weighted by atomic mass is 19.3. The second-order valence-corrected chi connectivity index (χ2v) is 4.49. The van der Waals surface area contributed by atoms with Gasteiger partial charge in [0.25, 0.3) is 6.43 Å². The van der Waals surface area contributed by atoms with Gasteiger partial charge in [-0.15, -0.1) is 0 Å². The molecule has 0 fully saturated rings. The fourth-order valence-electron chi connectivity index (χ4n) is 2.33. The number of hydrogen-bond donors (Lipinski definition) is 2. The lowest BCUT2D eigenvalue weighted by molar-refractivity contribution is 0.141. The first-order valence-corrected chi connectivity index (χ1v) is 6.44. The van der Waals surface area contributed by atoms with E-state index < -0.39 is 6.43 Å². The predicted octanol–water partition coefficient (Wildman–Crippen LogP) is 2.70. The smallest absolute Gasteiger partial charge is 0.250 e. The maximum Gasteiger partial charge on any atom is 0.250 e. The minimum atomic E-state index is -2.39. The number of fused-ring (bicyclic) bond motifs is 1. The van der Waals surface area contributed by atoms with Gasteiger partial charge >= 0.3 is 0 Å². The summed E-state index contributed by atoms with van der Waals surface area (Å²) in [4.78, 5) is 0. The van der Waals surface area contributed by atoms with Crippen LogP contribution in [0.15, 0.2) is 36.4 Å². The van der Waals surface area contributed by atoms with Gasteiger partial charge in [-0.3, -0.25) is 0 Å². The van der Waals surface area contributed by atoms with E-state index in [2.05, 4.69) is 5.32 Å². The molecular weight excluding hydrogens is 262 g/mol. The van der Waals surface area contributed by atoms with E-state index in [1.807, 2.05) is 36.4 Å². The minimum Gasteiger partial charge on any atom is -0.496 e. The van der Waals surface area contributed by atoms with Gasteiger partial charge in [0, 0.05) is 18.0 Å². The molecule has 3 nitrogen and oxygen atoms in total. The van der Waals surface area contributed by atoms with Gasteiger partial charge in [-0.05, 0) is 17.0 Å². The Morgan fingerprint density at radius 2 is 1.85 bits per heavy atom. The molecule has 0 radical (unpaired) electrons. The van der Waals surface area contributed by atoms with Gasteiger partial charge < -0.3 is 15.8 Å². The van der Waals surface area contributed by atoms with Gasteiger partial charge in [0.1, 0.15) is 5.75 Å². The van der Waals surface area contributed by atoms with E-state index in [1.54, 1.807) is 7.11 Å². The molecule has 20 heavy (non-hydrogen) atoms. The Kier molecular flexibility index (Phi) is 4.87. The lowest BCUT2D eigenvalue weighted by Gasteiger charge is -2.20. The summed E-state index contributed by atoms with van der Waals surface area (Å²) in [7, 11) is 1.61. The second-order valence-electron chi connectivity index (χ2n) is 4.49. The van der Waals surface area contributed by atoms with E-state index in [-0.39, 0.29) is 19.1 Å². The van der Waals surface area contributed by atoms with E-state index in [1.165, 1.54) is 0 Å². The largest absolute Gasteiger partial charge is 0.496 e. The van der Waals surface area contributed by atoms with E-state index >= 15 is 0 Å². The Hall–Kier alpha value is -1.72. The van der Waals surface area contributed by atoms with Crippen molar-refractivity contribution in [2.45, 2.75) is 12.5 Å². The Morgan fingerprint density at radius 1 is 1.15 bits per heavy atom. The van der Waals surface area contributed by atoms with Crippen LogP contribution in [0.5, 0.6) is 5.75 Å². The topological polar surface area (TPSA) is 47.3 Å². The molecule has 2 aromatic rings. The fourth-order valence-corrected chi connectivity index (χ4v) is 2.33. The molecule has 0 bridgehead atoms. The molecule has 0 heterocycles. The van der Waals surface area contributed by atoms with Crippen LogP contribution in [-0.4, -0.2) is 26.6 Å². The van der Waals surface area contributed by atoms with E-state index in [0.717, 1.165) is 22.1 Å². The number of halogens is 2. The molecule has 0 aliphatic carbocycles. The van der Waals surface area contributed by atoms with Crippen LogP contribution in [0.1, 0.15) is 11.6 Å². The van der Waals surface area contributed by atoms with Crippen LogP contribution in [0, 0.1) is 0 Å². The van der Waals surface area contributed by atoms with Crippen LogP contribution in [-0.2, 0) is 0 Å². The zero-order valence-corrected chi connectivity index (χ0v) is 11.3. The van der Waals surface area contributed by atoms with E-state index in [4.69, 9.17) is 10.5 Å². The fraction of sp³-hybridized carbons (Fsp3) is 0.333. The zero-order valence-electron chi connectivity index (χ0n) is 11.3. The third kappa shape index (κ3) is 3.05. The summed E-state index contributed by atoms with van der Waals surface area (Å²) in [5, 5.41) is 4.71. The molecule has 2 rings (SSSR count). The number of alkyl halides is 2. The van der Waals surface area contributed by atoms with Crippen molar-refractivity contribution in [3.8, 4) is 5.75 Å². The van der Waals surface area contributed by atoms with Gasteiger partial charge in [0.15, 0.2) is 0 Å². The van der Waals surface area contributed by atoms with Crippen molar-refractivity contribution in [1.29, 1.82) is 0 Å². The molecule has 2 aromatic carbocycles. The molecule has 0 aliphatic rings. The lowest BCUT2D eigenvalue weighted by Crippen LogP contribution is -2.31. The number of nitrogens with one attached hydrogen (secondary N) is 1. The predicted molar refractivity (Wildman–Crippen MR) is 76.3 cm³/mol. The van der Waals surface area contributed by atoms with Crippen molar-refractivity contribution in [3.63, 3.8) is 0 Å². The summed E-state index contributed by atoms with van der Waals surface area (Å²) in [6.07, 6.45) is -2.39. The number of nitrogens with two attached hydrogens (primary N) is 1. The van der Waals surface area contributed by atoms with Crippen molar-refractivity contribution < 1.29 is 13.5 Å². The van der Waals surface area contributed by atoms with Crippen molar-refractivity contribution in [3.05, 3.63) is 42.0 Å². The first kappa shape index (κ1) is 14.7. The molecule has 108 valence electrons. The number of benzene rings is 2. The average Bonchev–Trinajstić information content (AvgIpc) is 2.47. The molecule has 5 heteroatoms. The highest BCUT2D eigenvalue weighted by Gasteiger charge is 2.15. The molecule has 3 N–H and O–H groups in total. The summed E-state index contributed by atoms with van der Waals surface area (Å²) < 4.78 is 30.0. The molecule has 0 aromatic heterocycles. The maximum absolute atomic E-state index is 12.4. The van der Waals surface area contributed by atoms with Gasteiger partial charge in [-0.1, -0.05) is 30.3 Å². The molecule has 0 amide bonds. The second kappa shape index (κ2) is 6.63. The third-order valence-corrected chi connectivity index (χ3v) is 3.27. The first-order valence-electron chi connectivity index (χ1n) is 6.44. The third-order valence-electron chi connectivity index (χ3n) is 3.27.